The van der Waals surface area contributed by atoms with Crippen molar-refractivity contribution in [2.75, 3.05) is 6.54 Å². The van der Waals surface area contributed by atoms with Crippen molar-refractivity contribution >= 4 is 22.6 Å². The number of para-hydroxylation sites is 1. The molecule has 1 atom stereocenters. The summed E-state index contributed by atoms with van der Waals surface area (Å²) in [6, 6.07) is 18.7. The molecule has 0 saturated heterocycles. The first-order valence-corrected chi connectivity index (χ1v) is 10.0. The van der Waals surface area contributed by atoms with Crippen LogP contribution >= 0.6 is 0 Å². The van der Waals surface area contributed by atoms with E-state index in [-0.39, 0.29) is 24.0 Å². The van der Waals surface area contributed by atoms with E-state index in [1.165, 1.54) is 5.01 Å². The van der Waals surface area contributed by atoms with Crippen LogP contribution in [0, 0.1) is 0 Å². The molecule has 1 aliphatic heterocycles. The Balaban J connectivity index is 1.71. The van der Waals surface area contributed by atoms with Crippen LogP contribution in [0.3, 0.4) is 0 Å². The highest BCUT2D eigenvalue weighted by atomic mass is 16.4. The Morgan fingerprint density at radius 1 is 1.13 bits per heavy atom. The van der Waals surface area contributed by atoms with E-state index in [0.717, 1.165) is 10.9 Å². The maximum absolute atomic E-state index is 13.0. The fourth-order valence-corrected chi connectivity index (χ4v) is 3.52. The lowest BCUT2D eigenvalue weighted by molar-refractivity contribution is -0.132. The van der Waals surface area contributed by atoms with E-state index in [0.29, 0.717) is 23.3 Å². The minimum absolute atomic E-state index is 0.140. The van der Waals surface area contributed by atoms with E-state index in [1.807, 2.05) is 69.3 Å². The molecule has 6 heteroatoms. The van der Waals surface area contributed by atoms with Gasteiger partial charge >= 0.3 is 5.63 Å². The number of benzene rings is 2. The third-order valence-corrected chi connectivity index (χ3v) is 5.07. The summed E-state index contributed by atoms with van der Waals surface area (Å²) in [6.07, 6.45) is 0.453. The van der Waals surface area contributed by atoms with Crippen LogP contribution < -0.4 is 10.9 Å². The number of hydrazone groups is 1. The second-order valence-corrected chi connectivity index (χ2v) is 8.50. The summed E-state index contributed by atoms with van der Waals surface area (Å²) < 4.78 is 5.48. The van der Waals surface area contributed by atoms with E-state index in [9.17, 15) is 9.59 Å². The predicted molar refractivity (Wildman–Crippen MR) is 117 cm³/mol. The van der Waals surface area contributed by atoms with Crippen molar-refractivity contribution in [3.05, 3.63) is 82.2 Å². The maximum Gasteiger partial charge on any atom is 0.345 e. The van der Waals surface area contributed by atoms with Crippen LogP contribution in [0.15, 0.2) is 75.0 Å². The molecule has 0 radical (unpaired) electrons. The SMILES string of the molecule is CC(C)(C)NCC(=O)N1N=C(c2cc3ccccc3oc2=O)CC1c1ccccc1. The first kappa shape index (κ1) is 20.0. The Bertz CT molecular complexity index is 1160. The van der Waals surface area contributed by atoms with Gasteiger partial charge in [-0.2, -0.15) is 5.10 Å². The smallest absolute Gasteiger partial charge is 0.345 e. The normalized spacial score (nSPS) is 16.7. The zero-order valence-corrected chi connectivity index (χ0v) is 17.4. The van der Waals surface area contributed by atoms with Gasteiger partial charge in [-0.15, -0.1) is 0 Å². The standard InChI is InChI=1S/C24H25N3O3/c1-24(2,3)25-15-22(28)27-20(16-9-5-4-6-10-16)14-19(26-27)18-13-17-11-7-8-12-21(17)30-23(18)29/h4-13,20,25H,14-15H2,1-3H3. The topological polar surface area (TPSA) is 74.9 Å². The van der Waals surface area contributed by atoms with Gasteiger partial charge in [-0.1, -0.05) is 48.5 Å². The zero-order chi connectivity index (χ0) is 21.3. The molecule has 0 saturated carbocycles. The average Bonchev–Trinajstić information content (AvgIpc) is 3.17. The molecule has 2 aromatic carbocycles. The molecule has 0 aliphatic carbocycles. The molecular weight excluding hydrogens is 378 g/mol. The second-order valence-electron chi connectivity index (χ2n) is 8.50. The van der Waals surface area contributed by atoms with Crippen LogP contribution in [0.5, 0.6) is 0 Å². The third kappa shape index (κ3) is 4.19. The number of nitrogens with one attached hydrogen (secondary N) is 1. The summed E-state index contributed by atoms with van der Waals surface area (Å²) in [5.74, 6) is -0.140. The highest BCUT2D eigenvalue weighted by Crippen LogP contribution is 2.32. The number of hydrogen-bond donors (Lipinski definition) is 1. The molecule has 4 rings (SSSR count). The minimum atomic E-state index is -0.443. The van der Waals surface area contributed by atoms with Crippen LogP contribution in [0.4, 0.5) is 0 Å². The fraction of sp³-hybridized carbons (Fsp3) is 0.292. The monoisotopic (exact) mass is 403 g/mol. The maximum atomic E-state index is 13.0. The van der Waals surface area contributed by atoms with Crippen LogP contribution in [0.2, 0.25) is 0 Å². The van der Waals surface area contributed by atoms with Crippen molar-refractivity contribution < 1.29 is 9.21 Å². The molecule has 0 fully saturated rings. The van der Waals surface area contributed by atoms with E-state index < -0.39 is 5.63 Å². The van der Waals surface area contributed by atoms with Gasteiger partial charge in [-0.25, -0.2) is 9.80 Å². The quantitative estimate of drug-likeness (QED) is 0.672. The Labute approximate surface area is 175 Å². The molecule has 30 heavy (non-hydrogen) atoms. The molecule has 1 aromatic heterocycles. The number of rotatable bonds is 4. The lowest BCUT2D eigenvalue weighted by Crippen LogP contribution is -2.43. The lowest BCUT2D eigenvalue weighted by atomic mass is 9.98. The van der Waals surface area contributed by atoms with Crippen molar-refractivity contribution in [1.29, 1.82) is 0 Å². The highest BCUT2D eigenvalue weighted by Gasteiger charge is 2.34. The summed E-state index contributed by atoms with van der Waals surface area (Å²) in [5, 5.41) is 10.1. The molecule has 0 bridgehead atoms. The van der Waals surface area contributed by atoms with Crippen LogP contribution in [0.25, 0.3) is 11.0 Å². The van der Waals surface area contributed by atoms with Gasteiger partial charge in [0.05, 0.1) is 23.9 Å². The summed E-state index contributed by atoms with van der Waals surface area (Å²) in [6.45, 7) is 6.19. The molecule has 3 aromatic rings. The Kier molecular flexibility index (Phi) is 5.26. The Morgan fingerprint density at radius 3 is 2.57 bits per heavy atom. The summed E-state index contributed by atoms with van der Waals surface area (Å²) >= 11 is 0. The van der Waals surface area contributed by atoms with Gasteiger partial charge < -0.3 is 9.73 Å². The van der Waals surface area contributed by atoms with Crippen molar-refractivity contribution in [1.82, 2.24) is 10.3 Å². The third-order valence-electron chi connectivity index (χ3n) is 5.07. The highest BCUT2D eigenvalue weighted by molar-refractivity contribution is 6.04. The van der Waals surface area contributed by atoms with E-state index in [4.69, 9.17) is 4.42 Å². The fourth-order valence-electron chi connectivity index (χ4n) is 3.52. The van der Waals surface area contributed by atoms with E-state index in [1.54, 1.807) is 12.1 Å². The van der Waals surface area contributed by atoms with Gasteiger partial charge in [0, 0.05) is 17.3 Å². The lowest BCUT2D eigenvalue weighted by Gasteiger charge is -2.25. The Hall–Kier alpha value is -3.25. The summed E-state index contributed by atoms with van der Waals surface area (Å²) in [5.41, 5.74) is 1.84. The summed E-state index contributed by atoms with van der Waals surface area (Å²) in [4.78, 5) is 25.6. The Morgan fingerprint density at radius 2 is 1.83 bits per heavy atom. The van der Waals surface area contributed by atoms with Gasteiger partial charge in [-0.05, 0) is 38.5 Å². The van der Waals surface area contributed by atoms with Crippen LogP contribution in [-0.2, 0) is 4.79 Å². The van der Waals surface area contributed by atoms with Crippen LogP contribution in [-0.4, -0.2) is 28.7 Å². The van der Waals surface area contributed by atoms with Gasteiger partial charge in [-0.3, -0.25) is 4.79 Å². The molecule has 0 spiro atoms. The second kappa shape index (κ2) is 7.88. The largest absolute Gasteiger partial charge is 0.422 e. The van der Waals surface area contributed by atoms with Crippen molar-refractivity contribution in [3.63, 3.8) is 0 Å². The number of fused-ring (bicyclic) bond motifs is 1. The molecular formula is C24H25N3O3. The number of nitrogens with zero attached hydrogens (tertiary/aromatic N) is 2. The first-order chi connectivity index (χ1) is 14.3. The molecule has 6 nitrogen and oxygen atoms in total. The molecule has 154 valence electrons. The molecule has 1 unspecified atom stereocenters. The van der Waals surface area contributed by atoms with Gasteiger partial charge in [0.1, 0.15) is 5.58 Å². The summed E-state index contributed by atoms with van der Waals surface area (Å²) in [7, 11) is 0. The number of hydrogen-bond acceptors (Lipinski definition) is 5. The van der Waals surface area contributed by atoms with Crippen molar-refractivity contribution in [2.24, 2.45) is 5.10 Å². The first-order valence-electron chi connectivity index (χ1n) is 10.0. The van der Waals surface area contributed by atoms with Gasteiger partial charge in [0.25, 0.3) is 5.91 Å². The molecule has 1 amide bonds. The van der Waals surface area contributed by atoms with Crippen molar-refractivity contribution in [2.45, 2.75) is 38.8 Å². The van der Waals surface area contributed by atoms with Gasteiger partial charge in [0.15, 0.2) is 0 Å². The van der Waals surface area contributed by atoms with E-state index >= 15 is 0 Å². The molecule has 2 heterocycles. The van der Waals surface area contributed by atoms with E-state index in [2.05, 4.69) is 10.4 Å². The average molecular weight is 403 g/mol. The molecule has 1 N–H and O–H groups in total. The number of amides is 1. The van der Waals surface area contributed by atoms with Crippen LogP contribution in [0.1, 0.15) is 44.4 Å². The predicted octanol–water partition coefficient (Wildman–Crippen LogP) is 3.86. The number of carbonyl (C=O) groups excluding carboxylic acids is 1. The van der Waals surface area contributed by atoms with Gasteiger partial charge in [0.2, 0.25) is 0 Å². The van der Waals surface area contributed by atoms with Crippen molar-refractivity contribution in [3.8, 4) is 0 Å². The zero-order valence-electron chi connectivity index (χ0n) is 17.4. The minimum Gasteiger partial charge on any atom is -0.422 e. The molecule has 1 aliphatic rings. The number of carbonyl (C=O) groups is 1.